The van der Waals surface area contributed by atoms with E-state index < -0.39 is 0 Å². The Labute approximate surface area is 119 Å². The Morgan fingerprint density at radius 2 is 2.00 bits per heavy atom. The van der Waals surface area contributed by atoms with Gasteiger partial charge >= 0.3 is 0 Å². The number of aromatic nitrogens is 2. The lowest BCUT2D eigenvalue weighted by atomic mass is 10.2. The van der Waals surface area contributed by atoms with Crippen LogP contribution in [0, 0.1) is 18.3 Å². The molecule has 0 unspecified atom stereocenters. The molecule has 0 atom stereocenters. The minimum Gasteiger partial charge on any atom is -0.497 e. The molecule has 0 saturated heterocycles. The molecule has 5 heteroatoms. The molecule has 104 valence electrons. The predicted molar refractivity (Wildman–Crippen MR) is 77.8 cm³/mol. The molecule has 1 aromatic heterocycles. The molecule has 1 heterocycles. The third kappa shape index (κ3) is 2.59. The van der Waals surface area contributed by atoms with Crippen LogP contribution in [0.15, 0.2) is 24.3 Å². The maximum atomic E-state index is 9.25. The molecule has 0 bridgehead atoms. The van der Waals surface area contributed by atoms with Crippen molar-refractivity contribution in [3.05, 3.63) is 41.1 Å². The molecule has 0 N–H and O–H groups in total. The van der Waals surface area contributed by atoms with Crippen molar-refractivity contribution in [2.75, 3.05) is 19.1 Å². The second-order valence-electron chi connectivity index (χ2n) is 4.72. The van der Waals surface area contributed by atoms with Gasteiger partial charge in [0.25, 0.3) is 0 Å². The van der Waals surface area contributed by atoms with Gasteiger partial charge in [-0.05, 0) is 24.6 Å². The van der Waals surface area contributed by atoms with Crippen LogP contribution in [-0.2, 0) is 13.6 Å². The summed E-state index contributed by atoms with van der Waals surface area (Å²) in [5.74, 6) is 1.67. The summed E-state index contributed by atoms with van der Waals surface area (Å²) >= 11 is 0. The van der Waals surface area contributed by atoms with Gasteiger partial charge in [-0.25, -0.2) is 0 Å². The summed E-state index contributed by atoms with van der Waals surface area (Å²) < 4.78 is 6.89. The van der Waals surface area contributed by atoms with Crippen LogP contribution in [0.4, 0.5) is 5.82 Å². The highest BCUT2D eigenvalue weighted by molar-refractivity contribution is 5.56. The first-order chi connectivity index (χ1) is 9.56. The monoisotopic (exact) mass is 270 g/mol. The highest BCUT2D eigenvalue weighted by Gasteiger charge is 2.16. The first-order valence-electron chi connectivity index (χ1n) is 6.34. The molecule has 5 nitrogen and oxygen atoms in total. The van der Waals surface area contributed by atoms with Crippen LogP contribution in [0.2, 0.25) is 0 Å². The second-order valence-corrected chi connectivity index (χ2v) is 4.72. The summed E-state index contributed by atoms with van der Waals surface area (Å²) in [5, 5.41) is 13.6. The van der Waals surface area contributed by atoms with Crippen molar-refractivity contribution in [3.63, 3.8) is 0 Å². The van der Waals surface area contributed by atoms with Gasteiger partial charge < -0.3 is 9.64 Å². The molecule has 0 radical (unpaired) electrons. The van der Waals surface area contributed by atoms with Crippen molar-refractivity contribution in [1.29, 1.82) is 5.26 Å². The van der Waals surface area contributed by atoms with E-state index in [1.165, 1.54) is 0 Å². The molecule has 0 fully saturated rings. The van der Waals surface area contributed by atoms with E-state index in [1.54, 1.807) is 11.8 Å². The highest BCUT2D eigenvalue weighted by atomic mass is 16.5. The van der Waals surface area contributed by atoms with Crippen molar-refractivity contribution in [3.8, 4) is 11.8 Å². The fraction of sp³-hybridized carbons (Fsp3) is 0.333. The van der Waals surface area contributed by atoms with E-state index >= 15 is 0 Å². The average molecular weight is 270 g/mol. The van der Waals surface area contributed by atoms with Crippen molar-refractivity contribution in [2.45, 2.75) is 13.5 Å². The van der Waals surface area contributed by atoms with Gasteiger partial charge in [0.15, 0.2) is 0 Å². The summed E-state index contributed by atoms with van der Waals surface area (Å²) in [5.41, 5.74) is 2.53. The predicted octanol–water partition coefficient (Wildman–Crippen LogP) is 2.25. The Morgan fingerprint density at radius 3 is 2.55 bits per heavy atom. The van der Waals surface area contributed by atoms with Crippen LogP contribution in [-0.4, -0.2) is 23.9 Å². The van der Waals surface area contributed by atoms with Crippen molar-refractivity contribution >= 4 is 5.82 Å². The molecule has 0 aliphatic rings. The van der Waals surface area contributed by atoms with Gasteiger partial charge in [0.2, 0.25) is 0 Å². The summed E-state index contributed by atoms with van der Waals surface area (Å²) in [6.45, 7) is 2.56. The lowest BCUT2D eigenvalue weighted by Gasteiger charge is -2.19. The fourth-order valence-corrected chi connectivity index (χ4v) is 2.29. The molecule has 0 saturated carbocycles. The van der Waals surface area contributed by atoms with Crippen LogP contribution in [0.3, 0.4) is 0 Å². The molecular formula is C15H18N4O. The van der Waals surface area contributed by atoms with E-state index in [4.69, 9.17) is 4.74 Å². The number of methoxy groups -OCH3 is 1. The normalized spacial score (nSPS) is 10.2. The highest BCUT2D eigenvalue weighted by Crippen LogP contribution is 2.23. The van der Waals surface area contributed by atoms with E-state index in [0.29, 0.717) is 12.1 Å². The van der Waals surface area contributed by atoms with Gasteiger partial charge in [-0.2, -0.15) is 10.4 Å². The van der Waals surface area contributed by atoms with E-state index in [0.717, 1.165) is 22.8 Å². The summed E-state index contributed by atoms with van der Waals surface area (Å²) in [4.78, 5) is 2.03. The average Bonchev–Trinajstić information content (AvgIpc) is 2.73. The number of hydrogen-bond donors (Lipinski definition) is 0. The van der Waals surface area contributed by atoms with Gasteiger partial charge in [-0.1, -0.05) is 12.1 Å². The van der Waals surface area contributed by atoms with Gasteiger partial charge in [-0.3, -0.25) is 4.68 Å². The molecule has 20 heavy (non-hydrogen) atoms. The smallest absolute Gasteiger partial charge is 0.145 e. The quantitative estimate of drug-likeness (QED) is 0.855. The topological polar surface area (TPSA) is 54.1 Å². The Morgan fingerprint density at radius 1 is 1.35 bits per heavy atom. The summed E-state index contributed by atoms with van der Waals surface area (Å²) in [7, 11) is 5.47. The Balaban J connectivity index is 2.23. The Hall–Kier alpha value is -2.48. The second kappa shape index (κ2) is 5.66. The number of rotatable bonds is 4. The number of benzene rings is 1. The van der Waals surface area contributed by atoms with Gasteiger partial charge in [0.05, 0.1) is 12.8 Å². The number of aryl methyl sites for hydroxylation is 2. The number of nitrogens with zero attached hydrogens (tertiary/aromatic N) is 4. The minimum atomic E-state index is 0.628. The van der Waals surface area contributed by atoms with Crippen molar-refractivity contribution in [1.82, 2.24) is 9.78 Å². The third-order valence-electron chi connectivity index (χ3n) is 3.24. The third-order valence-corrected chi connectivity index (χ3v) is 3.24. The van der Waals surface area contributed by atoms with Crippen LogP contribution >= 0.6 is 0 Å². The number of anilines is 1. The van der Waals surface area contributed by atoms with Crippen molar-refractivity contribution in [2.24, 2.45) is 7.05 Å². The zero-order valence-corrected chi connectivity index (χ0v) is 12.2. The first kappa shape index (κ1) is 13.9. The lowest BCUT2D eigenvalue weighted by molar-refractivity contribution is 0.414. The standard InChI is InChI=1S/C15H18N4O/c1-11-14(9-16)15(19(3)17-11)18(2)10-12-5-7-13(20-4)8-6-12/h5-8H,10H2,1-4H3. The number of nitriles is 1. The van der Waals surface area contributed by atoms with Crippen molar-refractivity contribution < 1.29 is 4.74 Å². The van der Waals surface area contributed by atoms with E-state index in [2.05, 4.69) is 11.2 Å². The zero-order chi connectivity index (χ0) is 14.7. The molecule has 1 aromatic carbocycles. The number of ether oxygens (including phenoxy) is 1. The Bertz CT molecular complexity index is 637. The van der Waals surface area contributed by atoms with Crippen LogP contribution in [0.5, 0.6) is 5.75 Å². The number of hydrogen-bond acceptors (Lipinski definition) is 4. The summed E-state index contributed by atoms with van der Waals surface area (Å²) in [6, 6.07) is 10.1. The van der Waals surface area contributed by atoms with Gasteiger partial charge in [0.1, 0.15) is 23.2 Å². The fourth-order valence-electron chi connectivity index (χ4n) is 2.29. The lowest BCUT2D eigenvalue weighted by Crippen LogP contribution is -2.20. The van der Waals surface area contributed by atoms with Crippen LogP contribution in [0.1, 0.15) is 16.8 Å². The molecule has 0 amide bonds. The molecule has 2 aromatic rings. The zero-order valence-electron chi connectivity index (χ0n) is 12.2. The summed E-state index contributed by atoms with van der Waals surface area (Å²) in [6.07, 6.45) is 0. The first-order valence-corrected chi connectivity index (χ1v) is 6.34. The molecular weight excluding hydrogens is 252 g/mol. The van der Waals surface area contributed by atoms with E-state index in [-0.39, 0.29) is 0 Å². The van der Waals surface area contributed by atoms with E-state index in [1.807, 2.05) is 50.2 Å². The van der Waals surface area contributed by atoms with Crippen LogP contribution < -0.4 is 9.64 Å². The van der Waals surface area contributed by atoms with Crippen LogP contribution in [0.25, 0.3) is 0 Å². The minimum absolute atomic E-state index is 0.628. The SMILES string of the molecule is COc1ccc(CN(C)c2c(C#N)c(C)nn2C)cc1. The van der Waals surface area contributed by atoms with E-state index in [9.17, 15) is 5.26 Å². The van der Waals surface area contributed by atoms with Gasteiger partial charge in [-0.15, -0.1) is 0 Å². The Kier molecular flexibility index (Phi) is 3.94. The molecule has 0 aliphatic heterocycles. The van der Waals surface area contributed by atoms with Gasteiger partial charge in [0, 0.05) is 20.6 Å². The maximum absolute atomic E-state index is 9.25. The molecule has 2 rings (SSSR count). The molecule has 0 aliphatic carbocycles. The largest absolute Gasteiger partial charge is 0.497 e. The molecule has 0 spiro atoms. The maximum Gasteiger partial charge on any atom is 0.145 e.